The first-order valence-corrected chi connectivity index (χ1v) is 9.93. The molecule has 1 aliphatic heterocycles. The molecule has 1 fully saturated rings. The first-order valence-electron chi connectivity index (χ1n) is 9.93. The largest absolute Gasteiger partial charge is 0.421 e. The molecular formula is C19H20F6N6O3. The van der Waals surface area contributed by atoms with E-state index in [1.165, 1.54) is 11.8 Å². The smallest absolute Gasteiger partial charge is 0.337 e. The highest BCUT2D eigenvalue weighted by atomic mass is 19.4. The Balaban J connectivity index is 1.57. The van der Waals surface area contributed by atoms with Gasteiger partial charge in [0.05, 0.1) is 5.56 Å². The van der Waals surface area contributed by atoms with Crippen LogP contribution in [0.3, 0.4) is 0 Å². The van der Waals surface area contributed by atoms with Gasteiger partial charge in [-0.1, -0.05) is 0 Å². The molecule has 34 heavy (non-hydrogen) atoms. The zero-order valence-corrected chi connectivity index (χ0v) is 17.9. The van der Waals surface area contributed by atoms with Crippen LogP contribution in [0.5, 0.6) is 0 Å². The van der Waals surface area contributed by atoms with E-state index in [-0.39, 0.29) is 31.1 Å². The molecule has 2 aromatic rings. The third-order valence-corrected chi connectivity index (χ3v) is 5.16. The van der Waals surface area contributed by atoms with E-state index in [2.05, 4.69) is 15.4 Å². The molecule has 0 bridgehead atoms. The molecule has 186 valence electrons. The van der Waals surface area contributed by atoms with Gasteiger partial charge in [0, 0.05) is 49.8 Å². The van der Waals surface area contributed by atoms with Crippen LogP contribution in [-0.2, 0) is 17.2 Å². The number of rotatable bonds is 4. The minimum absolute atomic E-state index is 0.00968. The molecule has 3 rings (SSSR count). The van der Waals surface area contributed by atoms with Gasteiger partial charge in [0.1, 0.15) is 11.7 Å². The number of alkyl halides is 6. The molecule has 0 aromatic carbocycles. The van der Waals surface area contributed by atoms with E-state index >= 15 is 0 Å². The van der Waals surface area contributed by atoms with Crippen molar-refractivity contribution in [1.82, 2.24) is 25.3 Å². The Morgan fingerprint density at radius 2 is 1.82 bits per heavy atom. The van der Waals surface area contributed by atoms with Crippen LogP contribution in [0.15, 0.2) is 29.5 Å². The monoisotopic (exact) mass is 494 g/mol. The second-order valence-electron chi connectivity index (χ2n) is 7.60. The number of hydrogen-bond acceptors (Lipinski definition) is 6. The topological polar surface area (TPSA) is 103 Å². The van der Waals surface area contributed by atoms with Crippen LogP contribution in [-0.4, -0.2) is 51.6 Å². The van der Waals surface area contributed by atoms with Crippen molar-refractivity contribution in [2.45, 2.75) is 38.3 Å². The Morgan fingerprint density at radius 3 is 2.38 bits per heavy atom. The van der Waals surface area contributed by atoms with Crippen molar-refractivity contribution in [2.75, 3.05) is 24.5 Å². The second kappa shape index (κ2) is 9.48. The molecule has 0 unspecified atom stereocenters. The number of urea groups is 1. The lowest BCUT2D eigenvalue weighted by Crippen LogP contribution is -2.57. The third-order valence-electron chi connectivity index (χ3n) is 5.16. The van der Waals surface area contributed by atoms with Crippen molar-refractivity contribution >= 4 is 12.0 Å². The van der Waals surface area contributed by atoms with E-state index in [0.717, 1.165) is 6.20 Å². The first-order chi connectivity index (χ1) is 15.8. The quantitative estimate of drug-likeness (QED) is 0.500. The van der Waals surface area contributed by atoms with E-state index in [1.807, 2.05) is 4.98 Å². The van der Waals surface area contributed by atoms with Crippen molar-refractivity contribution in [3.8, 4) is 0 Å². The summed E-state index contributed by atoms with van der Waals surface area (Å²) >= 11 is 0. The summed E-state index contributed by atoms with van der Waals surface area (Å²) in [5.41, 5.74) is -1.49. The molecule has 3 heterocycles. The highest BCUT2D eigenvalue weighted by Gasteiger charge is 2.35. The summed E-state index contributed by atoms with van der Waals surface area (Å²) in [6.07, 6.45) is -7.99. The van der Waals surface area contributed by atoms with Gasteiger partial charge in [-0.25, -0.2) is 20.2 Å². The molecule has 2 aromatic heterocycles. The van der Waals surface area contributed by atoms with Crippen LogP contribution in [0.2, 0.25) is 0 Å². The van der Waals surface area contributed by atoms with E-state index in [4.69, 9.17) is 4.84 Å². The summed E-state index contributed by atoms with van der Waals surface area (Å²) in [7, 11) is 0. The summed E-state index contributed by atoms with van der Waals surface area (Å²) in [6, 6.07) is -0.433. The van der Waals surface area contributed by atoms with Crippen LogP contribution in [0, 0.1) is 0 Å². The molecule has 0 aliphatic carbocycles. The van der Waals surface area contributed by atoms with Gasteiger partial charge in [-0.3, -0.25) is 9.63 Å². The molecule has 2 atom stereocenters. The van der Waals surface area contributed by atoms with Crippen molar-refractivity contribution in [1.29, 1.82) is 0 Å². The highest BCUT2D eigenvalue weighted by molar-refractivity contribution is 5.73. The number of nitrogens with zero attached hydrogens (tertiary/aromatic N) is 4. The number of H-pyrrole nitrogens is 1. The third kappa shape index (κ3) is 5.76. The van der Waals surface area contributed by atoms with Crippen molar-refractivity contribution in [2.24, 2.45) is 0 Å². The Morgan fingerprint density at radius 1 is 1.18 bits per heavy atom. The maximum atomic E-state index is 12.9. The molecule has 2 N–H and O–H groups in total. The SMILES string of the molecule is C[C@@H]1CN(c2ncc(C(F)(F)F)cn2)CCN1C(=O)NO[C@H](C)c1c[nH]c(=O)c(C(F)(F)F)c1. The number of amides is 2. The summed E-state index contributed by atoms with van der Waals surface area (Å²) in [5.74, 6) is 0.0864. The number of hydrogen-bond donors (Lipinski definition) is 2. The molecule has 9 nitrogen and oxygen atoms in total. The van der Waals surface area contributed by atoms with Gasteiger partial charge in [-0.15, -0.1) is 0 Å². The van der Waals surface area contributed by atoms with Crippen molar-refractivity contribution in [3.05, 3.63) is 51.7 Å². The zero-order valence-electron chi connectivity index (χ0n) is 17.9. The van der Waals surface area contributed by atoms with Crippen molar-refractivity contribution in [3.63, 3.8) is 0 Å². The number of hydroxylamine groups is 1. The number of aromatic amines is 1. The lowest BCUT2D eigenvalue weighted by Gasteiger charge is -2.39. The number of pyridine rings is 1. The standard InChI is InChI=1S/C19H20F6N6O3/c1-10-9-30(16-27-7-13(8-28-16)18(20,21)22)3-4-31(10)17(33)29-34-11(2)12-5-14(19(23,24)25)15(32)26-6-12/h5-8,10-11H,3-4,9H2,1-2H3,(H,26,32)(H,29,33)/t10-,11-/m1/s1. The molecule has 1 saturated heterocycles. The Labute approximate surface area is 188 Å². The average Bonchev–Trinajstić information content (AvgIpc) is 2.76. The number of anilines is 1. The van der Waals surface area contributed by atoms with Gasteiger partial charge < -0.3 is 14.8 Å². The maximum absolute atomic E-state index is 12.9. The molecule has 2 amide bonds. The summed E-state index contributed by atoms with van der Waals surface area (Å²) < 4.78 is 76.8. The van der Waals surface area contributed by atoms with Gasteiger partial charge in [-0.05, 0) is 19.9 Å². The van der Waals surface area contributed by atoms with E-state index in [9.17, 15) is 35.9 Å². The number of nitrogens with one attached hydrogen (secondary N) is 2. The molecule has 0 saturated carbocycles. The van der Waals surface area contributed by atoms with Gasteiger partial charge in [0.2, 0.25) is 5.95 Å². The maximum Gasteiger partial charge on any atom is 0.421 e. The predicted octanol–water partition coefficient (Wildman–Crippen LogP) is 3.12. The van der Waals surface area contributed by atoms with Crippen LogP contribution in [0.1, 0.15) is 36.6 Å². The van der Waals surface area contributed by atoms with Crippen LogP contribution < -0.4 is 15.9 Å². The summed E-state index contributed by atoms with van der Waals surface area (Å²) in [4.78, 5) is 41.5. The lowest BCUT2D eigenvalue weighted by atomic mass is 10.1. The molecule has 0 spiro atoms. The average molecular weight is 494 g/mol. The van der Waals surface area contributed by atoms with Crippen LogP contribution >= 0.6 is 0 Å². The van der Waals surface area contributed by atoms with Crippen LogP contribution in [0.4, 0.5) is 37.1 Å². The minimum atomic E-state index is -4.85. The minimum Gasteiger partial charge on any atom is -0.337 e. The van der Waals surface area contributed by atoms with E-state index < -0.39 is 47.2 Å². The molecule has 1 aliphatic rings. The fraction of sp³-hybridized carbons (Fsp3) is 0.474. The highest BCUT2D eigenvalue weighted by Crippen LogP contribution is 2.29. The summed E-state index contributed by atoms with van der Waals surface area (Å²) in [5, 5.41) is 0. The predicted molar refractivity (Wildman–Crippen MR) is 106 cm³/mol. The molecule has 0 radical (unpaired) electrons. The number of carbonyl (C=O) groups is 1. The van der Waals surface area contributed by atoms with Gasteiger partial charge in [-0.2, -0.15) is 26.3 Å². The lowest BCUT2D eigenvalue weighted by molar-refractivity contribution is -0.139. The fourth-order valence-electron chi connectivity index (χ4n) is 3.28. The Kier molecular flexibility index (Phi) is 7.05. The number of aromatic nitrogens is 3. The van der Waals surface area contributed by atoms with Crippen molar-refractivity contribution < 1.29 is 36.0 Å². The number of piperazine rings is 1. The van der Waals surface area contributed by atoms with E-state index in [1.54, 1.807) is 11.8 Å². The Hall–Kier alpha value is -3.36. The first kappa shape index (κ1) is 25.3. The Bertz CT molecular complexity index is 1070. The molecule has 15 heteroatoms. The number of carbonyl (C=O) groups excluding carboxylic acids is 1. The van der Waals surface area contributed by atoms with E-state index in [0.29, 0.717) is 18.5 Å². The second-order valence-corrected chi connectivity index (χ2v) is 7.60. The molecular weight excluding hydrogens is 474 g/mol. The normalized spacial score (nSPS) is 18.1. The van der Waals surface area contributed by atoms with Gasteiger partial charge >= 0.3 is 18.4 Å². The van der Waals surface area contributed by atoms with Gasteiger partial charge in [0.15, 0.2) is 0 Å². The number of halogens is 6. The fourth-order valence-corrected chi connectivity index (χ4v) is 3.28. The van der Waals surface area contributed by atoms with Crippen LogP contribution in [0.25, 0.3) is 0 Å². The van der Waals surface area contributed by atoms with Gasteiger partial charge in [0.25, 0.3) is 5.56 Å². The summed E-state index contributed by atoms with van der Waals surface area (Å²) in [6.45, 7) is 3.69. The zero-order chi connectivity index (χ0) is 25.3.